The van der Waals surface area contributed by atoms with Crippen molar-refractivity contribution < 1.29 is 33.3 Å². The highest BCUT2D eigenvalue weighted by atomic mass is 16.6. The molecule has 8 nitrogen and oxygen atoms in total. The molecule has 0 N–H and O–H groups in total. The summed E-state index contributed by atoms with van der Waals surface area (Å²) in [5.41, 5.74) is 1.55. The van der Waals surface area contributed by atoms with E-state index in [1.165, 1.54) is 32.1 Å². The van der Waals surface area contributed by atoms with E-state index in [2.05, 4.69) is 11.9 Å². The topological polar surface area (TPSA) is 100 Å². The Balaban J connectivity index is 2.14. The molecule has 0 aliphatic rings. The average Bonchev–Trinajstić information content (AvgIpc) is 2.88. The van der Waals surface area contributed by atoms with E-state index in [1.54, 1.807) is 13.3 Å². The van der Waals surface area contributed by atoms with E-state index < -0.39 is 11.9 Å². The van der Waals surface area contributed by atoms with Crippen LogP contribution in [0.15, 0.2) is 29.3 Å². The average molecular weight is 506 g/mol. The van der Waals surface area contributed by atoms with Crippen molar-refractivity contribution in [1.82, 2.24) is 0 Å². The second-order valence-electron chi connectivity index (χ2n) is 8.58. The van der Waals surface area contributed by atoms with Crippen LogP contribution in [-0.2, 0) is 39.9 Å². The van der Waals surface area contributed by atoms with Crippen LogP contribution in [0, 0.1) is 0 Å². The maximum absolute atomic E-state index is 12.0. The fraction of sp³-hybridized carbons (Fsp3) is 0.643. The van der Waals surface area contributed by atoms with Crippen molar-refractivity contribution in [2.75, 3.05) is 33.5 Å². The summed E-state index contributed by atoms with van der Waals surface area (Å²) in [7, 11) is 1.58. The molecule has 1 aromatic carbocycles. The van der Waals surface area contributed by atoms with Gasteiger partial charge in [-0.3, -0.25) is 19.4 Å². The summed E-state index contributed by atoms with van der Waals surface area (Å²) in [4.78, 5) is 39.8. The van der Waals surface area contributed by atoms with Gasteiger partial charge in [-0.15, -0.1) is 0 Å². The minimum Gasteiger partial charge on any atom is -0.463 e. The van der Waals surface area contributed by atoms with Gasteiger partial charge in [-0.25, -0.2) is 0 Å². The third kappa shape index (κ3) is 17.8. The molecule has 0 fully saturated rings. The molecular formula is C28H43NO7. The predicted molar refractivity (Wildman–Crippen MR) is 140 cm³/mol. The van der Waals surface area contributed by atoms with Crippen LogP contribution >= 0.6 is 0 Å². The van der Waals surface area contributed by atoms with Crippen LogP contribution in [0.2, 0.25) is 0 Å². The zero-order chi connectivity index (χ0) is 26.3. The molecule has 1 aromatic rings. The second-order valence-corrected chi connectivity index (χ2v) is 8.58. The van der Waals surface area contributed by atoms with Crippen LogP contribution in [-0.4, -0.2) is 57.5 Å². The molecule has 0 bridgehead atoms. The van der Waals surface area contributed by atoms with Gasteiger partial charge in [-0.1, -0.05) is 57.6 Å². The van der Waals surface area contributed by atoms with Crippen molar-refractivity contribution in [1.29, 1.82) is 0 Å². The van der Waals surface area contributed by atoms with Gasteiger partial charge >= 0.3 is 11.9 Å². The Morgan fingerprint density at radius 2 is 1.42 bits per heavy atom. The largest absolute Gasteiger partial charge is 0.463 e. The number of esters is 2. The zero-order valence-electron chi connectivity index (χ0n) is 22.0. The van der Waals surface area contributed by atoms with Crippen LogP contribution in [0.1, 0.15) is 83.1 Å². The molecule has 1 rings (SSSR count). The molecule has 0 aromatic heterocycles. The monoisotopic (exact) mass is 505 g/mol. The lowest BCUT2D eigenvalue weighted by molar-refractivity contribution is -0.151. The van der Waals surface area contributed by atoms with Gasteiger partial charge in [-0.2, -0.15) is 0 Å². The van der Waals surface area contributed by atoms with Gasteiger partial charge in [0.2, 0.25) is 0 Å². The lowest BCUT2D eigenvalue weighted by Gasteiger charge is -2.07. The molecule has 0 saturated heterocycles. The molecule has 0 saturated carbocycles. The van der Waals surface area contributed by atoms with Crippen molar-refractivity contribution in [2.45, 2.75) is 84.2 Å². The van der Waals surface area contributed by atoms with E-state index in [0.29, 0.717) is 26.1 Å². The Labute approximate surface area is 215 Å². The Morgan fingerprint density at radius 1 is 0.778 bits per heavy atom. The molecule has 0 amide bonds. The first kappa shape index (κ1) is 31.4. The first-order chi connectivity index (χ1) is 17.5. The number of aliphatic imine (C=N–C) groups is 1. The van der Waals surface area contributed by atoms with E-state index in [4.69, 9.17) is 18.9 Å². The summed E-state index contributed by atoms with van der Waals surface area (Å²) in [6.45, 7) is 3.67. The number of rotatable bonds is 22. The fourth-order valence-corrected chi connectivity index (χ4v) is 3.28. The first-order valence-corrected chi connectivity index (χ1v) is 13.1. The van der Waals surface area contributed by atoms with Gasteiger partial charge in [0.1, 0.15) is 19.0 Å². The molecule has 0 radical (unpaired) electrons. The number of unbranched alkanes of at least 4 members (excludes halogenated alkanes) is 6. The van der Waals surface area contributed by atoms with Crippen LogP contribution < -0.4 is 0 Å². The minimum atomic E-state index is -0.468. The van der Waals surface area contributed by atoms with Gasteiger partial charge in [0.25, 0.3) is 0 Å². The summed E-state index contributed by atoms with van der Waals surface area (Å²) in [5, 5.41) is 0. The van der Waals surface area contributed by atoms with Gasteiger partial charge in [0, 0.05) is 26.2 Å². The molecule has 0 unspecified atom stereocenters. The van der Waals surface area contributed by atoms with E-state index in [-0.39, 0.29) is 38.4 Å². The molecule has 36 heavy (non-hydrogen) atoms. The number of carbonyl (C=O) groups is 3. The molecule has 0 atom stereocenters. The second kappa shape index (κ2) is 21.7. The standard InChI is InChI=1S/C28H43NO7/c1-3-4-5-6-7-8-9-10-26(30)17-18-29-25-13-11-24(12-14-25)23-36-28(32)16-15-27(31)35-22-21-34-20-19-33-2/h11-14,18H,3-10,15-17,19-23H2,1-2H3. The highest BCUT2D eigenvalue weighted by molar-refractivity contribution is 5.92. The quantitative estimate of drug-likeness (QED) is 0.116. The molecule has 0 aliphatic heterocycles. The Hall–Kier alpha value is -2.58. The van der Waals surface area contributed by atoms with Crippen molar-refractivity contribution in [2.24, 2.45) is 4.99 Å². The normalized spacial score (nSPS) is 11.1. The number of Topliss-reactive ketones (excluding diaryl/α,β-unsaturated/α-hetero) is 1. The van der Waals surface area contributed by atoms with Gasteiger partial charge in [0.15, 0.2) is 0 Å². The van der Waals surface area contributed by atoms with Crippen molar-refractivity contribution in [3.8, 4) is 0 Å². The minimum absolute atomic E-state index is 0.0394. The molecule has 8 heteroatoms. The molecule has 202 valence electrons. The van der Waals surface area contributed by atoms with Gasteiger partial charge in [-0.05, 0) is 24.1 Å². The zero-order valence-corrected chi connectivity index (χ0v) is 22.0. The van der Waals surface area contributed by atoms with Crippen LogP contribution in [0.3, 0.4) is 0 Å². The number of hydrogen-bond acceptors (Lipinski definition) is 8. The van der Waals surface area contributed by atoms with Crippen molar-refractivity contribution in [3.63, 3.8) is 0 Å². The fourth-order valence-electron chi connectivity index (χ4n) is 3.28. The number of ether oxygens (including phenoxy) is 4. The number of ketones is 1. The van der Waals surface area contributed by atoms with E-state index in [1.807, 2.05) is 24.3 Å². The lowest BCUT2D eigenvalue weighted by atomic mass is 10.1. The van der Waals surface area contributed by atoms with E-state index in [9.17, 15) is 14.4 Å². The molecule has 0 aliphatic carbocycles. The van der Waals surface area contributed by atoms with Gasteiger partial charge < -0.3 is 18.9 Å². The predicted octanol–water partition coefficient (Wildman–Crippen LogP) is 5.52. The SMILES string of the molecule is CCCCCCCCCC(=O)CC=Nc1ccc(COC(=O)CCC(=O)OCCOCCOC)cc1. The summed E-state index contributed by atoms with van der Waals surface area (Å²) < 4.78 is 20.2. The summed E-state index contributed by atoms with van der Waals surface area (Å²) in [6.07, 6.45) is 10.9. The smallest absolute Gasteiger partial charge is 0.306 e. The van der Waals surface area contributed by atoms with E-state index in [0.717, 1.165) is 24.1 Å². The van der Waals surface area contributed by atoms with Crippen LogP contribution in [0.4, 0.5) is 5.69 Å². The summed E-state index contributed by atoms with van der Waals surface area (Å²) >= 11 is 0. The van der Waals surface area contributed by atoms with Gasteiger partial charge in [0.05, 0.1) is 38.3 Å². The molecule has 0 spiro atoms. The number of carbonyl (C=O) groups excluding carboxylic acids is 3. The lowest BCUT2D eigenvalue weighted by Crippen LogP contribution is -2.14. The summed E-state index contributed by atoms with van der Waals surface area (Å²) in [5.74, 6) is -0.717. The third-order valence-electron chi connectivity index (χ3n) is 5.41. The molecule has 0 heterocycles. The number of nitrogens with zero attached hydrogens (tertiary/aromatic N) is 1. The Bertz CT molecular complexity index is 762. The van der Waals surface area contributed by atoms with Crippen molar-refractivity contribution in [3.05, 3.63) is 29.8 Å². The number of methoxy groups -OCH3 is 1. The maximum Gasteiger partial charge on any atom is 0.306 e. The molecular weight excluding hydrogens is 462 g/mol. The summed E-state index contributed by atoms with van der Waals surface area (Å²) in [6, 6.07) is 7.26. The maximum atomic E-state index is 12.0. The Morgan fingerprint density at radius 3 is 2.11 bits per heavy atom. The van der Waals surface area contributed by atoms with Crippen LogP contribution in [0.5, 0.6) is 0 Å². The first-order valence-electron chi connectivity index (χ1n) is 13.1. The number of benzene rings is 1. The number of hydrogen-bond donors (Lipinski definition) is 0. The Kier molecular flexibility index (Phi) is 18.9. The highest BCUT2D eigenvalue weighted by Crippen LogP contribution is 2.14. The third-order valence-corrected chi connectivity index (χ3v) is 5.41. The van der Waals surface area contributed by atoms with Crippen molar-refractivity contribution >= 4 is 29.6 Å². The van der Waals surface area contributed by atoms with E-state index >= 15 is 0 Å². The highest BCUT2D eigenvalue weighted by Gasteiger charge is 2.09. The van der Waals surface area contributed by atoms with Crippen LogP contribution in [0.25, 0.3) is 0 Å².